The van der Waals surface area contributed by atoms with Crippen molar-refractivity contribution in [3.05, 3.63) is 36.6 Å². The van der Waals surface area contributed by atoms with Crippen molar-refractivity contribution in [2.45, 2.75) is 32.6 Å². The first kappa shape index (κ1) is 12.0. The summed E-state index contributed by atoms with van der Waals surface area (Å²) >= 11 is 0. The molecule has 0 N–H and O–H groups in total. The summed E-state index contributed by atoms with van der Waals surface area (Å²) in [5.41, 5.74) is 0. The van der Waals surface area contributed by atoms with Gasteiger partial charge in [0.15, 0.2) is 0 Å². The van der Waals surface area contributed by atoms with E-state index in [2.05, 4.69) is 19.1 Å². The number of unbranched alkanes of at least 4 members (excludes halogenated alkanes) is 3. The molecule has 0 saturated heterocycles. The molecule has 0 heterocycles. The summed E-state index contributed by atoms with van der Waals surface area (Å²) in [5.74, 6) is 0. The van der Waals surface area contributed by atoms with E-state index >= 15 is 0 Å². The highest BCUT2D eigenvalue weighted by Gasteiger charge is 1.79. The molecule has 0 saturated carbocycles. The zero-order chi connectivity index (χ0) is 9.78. The van der Waals surface area contributed by atoms with Gasteiger partial charge >= 0.3 is 0 Å². The molecule has 0 fully saturated rings. The molecule has 0 bridgehead atoms. The molecule has 0 spiro atoms. The van der Waals surface area contributed by atoms with Gasteiger partial charge in [-0.3, -0.25) is 0 Å². The van der Waals surface area contributed by atoms with E-state index in [1.807, 2.05) is 18.2 Å². The van der Waals surface area contributed by atoms with Crippen LogP contribution in [0.15, 0.2) is 36.6 Å². The van der Waals surface area contributed by atoms with Gasteiger partial charge in [-0.25, -0.2) is 0 Å². The number of rotatable bonds is 7. The highest BCUT2D eigenvalue weighted by molar-refractivity contribution is 5.09. The molecule has 1 heteroatoms. The third-order valence-electron chi connectivity index (χ3n) is 1.66. The molecular weight excluding hydrogens is 160 g/mol. The van der Waals surface area contributed by atoms with Gasteiger partial charge in [-0.15, -0.1) is 0 Å². The first-order valence-corrected chi connectivity index (χ1v) is 4.93. The Hall–Kier alpha value is -0.980. The SMILES string of the molecule is CCCCCC=CC=CC=COC. The Labute approximate surface area is 81.8 Å². The van der Waals surface area contributed by atoms with Gasteiger partial charge in [0.05, 0.1) is 13.4 Å². The molecule has 0 unspecified atom stereocenters. The molecule has 0 aliphatic heterocycles. The minimum absolute atomic E-state index is 1.19. The van der Waals surface area contributed by atoms with Gasteiger partial charge in [0.2, 0.25) is 0 Å². The molecule has 74 valence electrons. The summed E-state index contributed by atoms with van der Waals surface area (Å²) in [5, 5.41) is 0. The third-order valence-corrected chi connectivity index (χ3v) is 1.66. The zero-order valence-electron chi connectivity index (χ0n) is 8.70. The van der Waals surface area contributed by atoms with E-state index in [9.17, 15) is 0 Å². The quantitative estimate of drug-likeness (QED) is 0.328. The Morgan fingerprint density at radius 1 is 1.00 bits per heavy atom. The van der Waals surface area contributed by atoms with Crippen LogP contribution in [0.2, 0.25) is 0 Å². The van der Waals surface area contributed by atoms with E-state index in [-0.39, 0.29) is 0 Å². The fraction of sp³-hybridized carbons (Fsp3) is 0.500. The van der Waals surface area contributed by atoms with Crippen molar-refractivity contribution in [1.82, 2.24) is 0 Å². The lowest BCUT2D eigenvalue weighted by Crippen LogP contribution is -1.69. The molecule has 0 aromatic rings. The van der Waals surface area contributed by atoms with Crippen molar-refractivity contribution in [2.24, 2.45) is 0 Å². The van der Waals surface area contributed by atoms with E-state index in [0.717, 1.165) is 0 Å². The smallest absolute Gasteiger partial charge is 0.0824 e. The summed E-state index contributed by atoms with van der Waals surface area (Å²) in [6.45, 7) is 2.22. The summed E-state index contributed by atoms with van der Waals surface area (Å²) in [6.07, 6.45) is 16.9. The number of allylic oxidation sites excluding steroid dienone is 5. The van der Waals surface area contributed by atoms with Crippen molar-refractivity contribution in [3.8, 4) is 0 Å². The molecule has 0 amide bonds. The molecule has 0 aromatic heterocycles. The second kappa shape index (κ2) is 11.0. The lowest BCUT2D eigenvalue weighted by Gasteiger charge is -1.89. The van der Waals surface area contributed by atoms with Crippen molar-refractivity contribution < 1.29 is 4.74 Å². The molecule has 13 heavy (non-hydrogen) atoms. The summed E-state index contributed by atoms with van der Waals surface area (Å²) in [6, 6.07) is 0. The van der Waals surface area contributed by atoms with Crippen LogP contribution in [0, 0.1) is 0 Å². The lowest BCUT2D eigenvalue weighted by atomic mass is 10.2. The van der Waals surface area contributed by atoms with Crippen LogP contribution >= 0.6 is 0 Å². The molecule has 1 nitrogen and oxygen atoms in total. The first-order chi connectivity index (χ1) is 6.41. The van der Waals surface area contributed by atoms with Crippen molar-refractivity contribution in [2.75, 3.05) is 7.11 Å². The summed E-state index contributed by atoms with van der Waals surface area (Å²) in [7, 11) is 1.64. The molecule has 0 aliphatic rings. The van der Waals surface area contributed by atoms with Gasteiger partial charge in [0, 0.05) is 0 Å². The molecule has 0 aliphatic carbocycles. The molecule has 0 aromatic carbocycles. The van der Waals surface area contributed by atoms with Crippen LogP contribution in [0.4, 0.5) is 0 Å². The Bertz CT molecular complexity index is 166. The van der Waals surface area contributed by atoms with Gasteiger partial charge in [0.1, 0.15) is 0 Å². The highest BCUT2D eigenvalue weighted by atomic mass is 16.5. The van der Waals surface area contributed by atoms with E-state index in [4.69, 9.17) is 4.74 Å². The predicted octanol–water partition coefficient (Wildman–Crippen LogP) is 3.84. The normalized spacial score (nSPS) is 12.2. The van der Waals surface area contributed by atoms with Crippen LogP contribution in [-0.4, -0.2) is 7.11 Å². The Balaban J connectivity index is 3.29. The van der Waals surface area contributed by atoms with E-state index in [1.54, 1.807) is 13.4 Å². The standard InChI is InChI=1S/C12H20O/c1-3-4-5-6-7-8-9-10-11-12-13-2/h7-12H,3-6H2,1-2H3. The number of methoxy groups -OCH3 is 1. The summed E-state index contributed by atoms with van der Waals surface area (Å²) < 4.78 is 4.75. The monoisotopic (exact) mass is 180 g/mol. The van der Waals surface area contributed by atoms with Crippen LogP contribution in [0.25, 0.3) is 0 Å². The molecule has 0 radical (unpaired) electrons. The highest BCUT2D eigenvalue weighted by Crippen LogP contribution is 1.99. The third kappa shape index (κ3) is 11.0. The van der Waals surface area contributed by atoms with Gasteiger partial charge in [-0.2, -0.15) is 0 Å². The van der Waals surface area contributed by atoms with Gasteiger partial charge in [-0.05, 0) is 18.9 Å². The molecule has 0 atom stereocenters. The van der Waals surface area contributed by atoms with Gasteiger partial charge < -0.3 is 4.74 Å². The predicted molar refractivity (Wildman–Crippen MR) is 58.6 cm³/mol. The maximum absolute atomic E-state index is 4.75. The van der Waals surface area contributed by atoms with Crippen molar-refractivity contribution in [1.29, 1.82) is 0 Å². The first-order valence-electron chi connectivity index (χ1n) is 4.93. The minimum atomic E-state index is 1.19. The second-order valence-corrected chi connectivity index (χ2v) is 2.87. The van der Waals surface area contributed by atoms with Gasteiger partial charge in [0.25, 0.3) is 0 Å². The minimum Gasteiger partial charge on any atom is -0.504 e. The molecule has 0 rings (SSSR count). The zero-order valence-corrected chi connectivity index (χ0v) is 8.70. The fourth-order valence-corrected chi connectivity index (χ4v) is 0.939. The summed E-state index contributed by atoms with van der Waals surface area (Å²) in [4.78, 5) is 0. The number of hydrogen-bond acceptors (Lipinski definition) is 1. The van der Waals surface area contributed by atoms with Crippen LogP contribution < -0.4 is 0 Å². The average molecular weight is 180 g/mol. The second-order valence-electron chi connectivity index (χ2n) is 2.87. The number of hydrogen-bond donors (Lipinski definition) is 0. The maximum atomic E-state index is 4.75. The van der Waals surface area contributed by atoms with E-state index in [1.165, 1.54) is 25.7 Å². The average Bonchev–Trinajstić information content (AvgIpc) is 2.16. The molecular formula is C12H20O. The maximum Gasteiger partial charge on any atom is 0.0824 e. The van der Waals surface area contributed by atoms with Gasteiger partial charge in [-0.1, -0.05) is 44.1 Å². The number of ether oxygens (including phenoxy) is 1. The Kier molecular flexibility index (Phi) is 10.2. The topological polar surface area (TPSA) is 9.23 Å². The Morgan fingerprint density at radius 2 is 1.77 bits per heavy atom. The van der Waals surface area contributed by atoms with Crippen molar-refractivity contribution >= 4 is 0 Å². The van der Waals surface area contributed by atoms with Crippen LogP contribution in [0.1, 0.15) is 32.6 Å². The Morgan fingerprint density at radius 3 is 2.46 bits per heavy atom. The van der Waals surface area contributed by atoms with Crippen molar-refractivity contribution in [3.63, 3.8) is 0 Å². The van der Waals surface area contributed by atoms with E-state index in [0.29, 0.717) is 0 Å². The van der Waals surface area contributed by atoms with Crippen LogP contribution in [-0.2, 0) is 4.74 Å². The fourth-order valence-electron chi connectivity index (χ4n) is 0.939. The van der Waals surface area contributed by atoms with Crippen LogP contribution in [0.3, 0.4) is 0 Å². The lowest BCUT2D eigenvalue weighted by molar-refractivity contribution is 0.338. The van der Waals surface area contributed by atoms with Crippen LogP contribution in [0.5, 0.6) is 0 Å². The largest absolute Gasteiger partial charge is 0.504 e. The van der Waals surface area contributed by atoms with E-state index < -0.39 is 0 Å².